The largest absolute Gasteiger partial charge is 0.790 e. The van der Waals surface area contributed by atoms with Crippen molar-refractivity contribution in [2.24, 2.45) is 5.73 Å². The number of phosphoric acid groups is 1. The Morgan fingerprint density at radius 3 is 1.68 bits per heavy atom. The maximum absolute atomic E-state index is 10.4. The minimum Gasteiger partial charge on any atom is -0.790 e. The van der Waals surface area contributed by atoms with Gasteiger partial charge in [0.15, 0.2) is 0 Å². The highest BCUT2D eigenvalue weighted by atomic mass is 31.2. The van der Waals surface area contributed by atoms with Crippen LogP contribution < -0.4 is 15.5 Å². The van der Waals surface area contributed by atoms with E-state index in [9.17, 15) is 19.5 Å². The van der Waals surface area contributed by atoms with Crippen LogP contribution >= 0.6 is 7.82 Å². The van der Waals surface area contributed by atoms with E-state index in [1.54, 1.807) is 0 Å². The molecule has 0 spiro atoms. The lowest BCUT2D eigenvalue weighted by atomic mass is 10.0. The van der Waals surface area contributed by atoms with Crippen molar-refractivity contribution in [3.63, 3.8) is 0 Å². The summed E-state index contributed by atoms with van der Waals surface area (Å²) in [4.78, 5) is 20.7. The van der Waals surface area contributed by atoms with Gasteiger partial charge in [-0.3, -0.25) is 0 Å². The number of phosphoric ester groups is 1. The Kier molecular flexibility index (Phi) is 16.2. The molecule has 0 rings (SSSR count). The first-order valence-corrected chi connectivity index (χ1v) is 11.4. The predicted molar refractivity (Wildman–Crippen MR) is 97.9 cm³/mol. The van der Waals surface area contributed by atoms with E-state index in [4.69, 9.17) is 5.73 Å². The number of aliphatic hydroxyl groups excluding tert-OH is 1. The molecule has 2 atom stereocenters. The first kappa shape index (κ1) is 25.0. The predicted octanol–water partition coefficient (Wildman–Crippen LogP) is 3.00. The van der Waals surface area contributed by atoms with Crippen LogP contribution in [0.3, 0.4) is 0 Å². The van der Waals surface area contributed by atoms with Crippen molar-refractivity contribution in [3.05, 3.63) is 0 Å². The molecule has 0 heterocycles. The molecule has 7 heteroatoms. The van der Waals surface area contributed by atoms with Gasteiger partial charge in [0.05, 0.1) is 26.6 Å². The highest BCUT2D eigenvalue weighted by Crippen LogP contribution is 2.24. The summed E-state index contributed by atoms with van der Waals surface area (Å²) in [7, 11) is -5.01. The Morgan fingerprint density at radius 1 is 0.880 bits per heavy atom. The zero-order valence-corrected chi connectivity index (χ0v) is 16.8. The van der Waals surface area contributed by atoms with Crippen LogP contribution in [0.5, 0.6) is 0 Å². The van der Waals surface area contributed by atoms with Crippen LogP contribution in [-0.4, -0.2) is 23.9 Å². The Bertz CT molecular complexity index is 337. The van der Waals surface area contributed by atoms with E-state index < -0.39 is 26.6 Å². The molecule has 0 amide bonds. The molecule has 0 aromatic rings. The second-order valence-corrected chi connectivity index (χ2v) is 8.16. The lowest BCUT2D eigenvalue weighted by Gasteiger charge is -2.30. The molecule has 0 unspecified atom stereocenters. The molecule has 0 bridgehead atoms. The molecule has 25 heavy (non-hydrogen) atoms. The molecule has 0 radical (unpaired) electrons. The standard InChI is InChI=1S/C18H40NO5P/c1-2-3-4-5-6-7-8-9-10-11-12-13-14-15-18(20)17(19)16-24-25(21,22)23/h17-18,20H,2-16,19H2,1H3,(H2,21,22,23)/p-2/t17-,18+/m0/s1. The highest BCUT2D eigenvalue weighted by Gasteiger charge is 2.15. The molecule has 0 aliphatic heterocycles. The van der Waals surface area contributed by atoms with Crippen molar-refractivity contribution >= 4 is 7.82 Å². The average Bonchev–Trinajstić information content (AvgIpc) is 2.56. The molecular formula is C18H38NO5P-2. The summed E-state index contributed by atoms with van der Waals surface area (Å²) in [5.74, 6) is 0. The molecule has 6 nitrogen and oxygen atoms in total. The maximum atomic E-state index is 10.4. The number of unbranched alkanes of at least 4 members (excludes halogenated alkanes) is 12. The molecule has 0 aromatic heterocycles. The van der Waals surface area contributed by atoms with Crippen molar-refractivity contribution in [3.8, 4) is 0 Å². The summed E-state index contributed by atoms with van der Waals surface area (Å²) in [5.41, 5.74) is 5.60. The van der Waals surface area contributed by atoms with Gasteiger partial charge in [0.1, 0.15) is 0 Å². The van der Waals surface area contributed by atoms with Crippen LogP contribution in [-0.2, 0) is 9.09 Å². The fraction of sp³-hybridized carbons (Fsp3) is 1.00. The molecule has 0 saturated carbocycles. The van der Waals surface area contributed by atoms with Gasteiger partial charge in [-0.1, -0.05) is 90.4 Å². The molecule has 0 aliphatic rings. The van der Waals surface area contributed by atoms with E-state index in [2.05, 4.69) is 11.4 Å². The number of hydrogen-bond donors (Lipinski definition) is 2. The SMILES string of the molecule is CCCCCCCCCCCCCCC[C@@H](O)[C@@H](N)COP(=O)([O-])[O-]. The molecule has 0 fully saturated rings. The van der Waals surface area contributed by atoms with E-state index >= 15 is 0 Å². The molecule has 0 aromatic carbocycles. The molecule has 152 valence electrons. The van der Waals surface area contributed by atoms with Crippen LogP contribution in [0.1, 0.15) is 96.8 Å². The third-order valence-corrected chi connectivity index (χ3v) is 4.99. The Hall–Kier alpha value is 0.0300. The lowest BCUT2D eigenvalue weighted by molar-refractivity contribution is -0.342. The number of rotatable bonds is 18. The number of nitrogens with two attached hydrogens (primary N) is 1. The Morgan fingerprint density at radius 2 is 1.28 bits per heavy atom. The van der Waals surface area contributed by atoms with Crippen molar-refractivity contribution in [2.45, 2.75) is 109 Å². The molecule has 0 aliphatic carbocycles. The molecular weight excluding hydrogens is 341 g/mol. The summed E-state index contributed by atoms with van der Waals surface area (Å²) < 4.78 is 14.4. The van der Waals surface area contributed by atoms with Crippen LogP contribution in [0.25, 0.3) is 0 Å². The third-order valence-electron chi connectivity index (χ3n) is 4.52. The van der Waals surface area contributed by atoms with E-state index in [1.807, 2.05) is 0 Å². The fourth-order valence-corrected chi connectivity index (χ4v) is 3.23. The smallest absolute Gasteiger partial charge is 0.0713 e. The van der Waals surface area contributed by atoms with E-state index in [-0.39, 0.29) is 0 Å². The minimum atomic E-state index is -5.01. The van der Waals surface area contributed by atoms with Gasteiger partial charge in [-0.05, 0) is 6.42 Å². The summed E-state index contributed by atoms with van der Waals surface area (Å²) >= 11 is 0. The van der Waals surface area contributed by atoms with E-state index in [0.29, 0.717) is 6.42 Å². The van der Waals surface area contributed by atoms with E-state index in [0.717, 1.165) is 19.3 Å². The van der Waals surface area contributed by atoms with Crippen LogP contribution in [0, 0.1) is 0 Å². The molecule has 3 N–H and O–H groups in total. The zero-order valence-electron chi connectivity index (χ0n) is 15.9. The van der Waals surface area contributed by atoms with Gasteiger partial charge in [0, 0.05) is 0 Å². The summed E-state index contributed by atoms with van der Waals surface area (Å²) in [6, 6.07) is -0.839. The quantitative estimate of drug-likeness (QED) is 0.279. The van der Waals surface area contributed by atoms with Crippen molar-refractivity contribution in [1.29, 1.82) is 0 Å². The van der Waals surface area contributed by atoms with Gasteiger partial charge in [0.25, 0.3) is 0 Å². The Balaban J connectivity index is 3.33. The minimum absolute atomic E-state index is 0.454. The summed E-state index contributed by atoms with van der Waals surface area (Å²) in [5, 5.41) is 9.79. The average molecular weight is 379 g/mol. The van der Waals surface area contributed by atoms with Gasteiger partial charge in [-0.25, -0.2) is 0 Å². The summed E-state index contributed by atoms with van der Waals surface area (Å²) in [6.45, 7) is 1.79. The molecule has 0 saturated heterocycles. The first-order valence-electron chi connectivity index (χ1n) is 9.97. The van der Waals surface area contributed by atoms with Gasteiger partial charge in [-0.2, -0.15) is 0 Å². The maximum Gasteiger partial charge on any atom is 0.0713 e. The van der Waals surface area contributed by atoms with Crippen LogP contribution in [0.15, 0.2) is 0 Å². The van der Waals surface area contributed by atoms with Crippen LogP contribution in [0.4, 0.5) is 0 Å². The fourth-order valence-electron chi connectivity index (χ4n) is 2.87. The van der Waals surface area contributed by atoms with Crippen molar-refractivity contribution < 1.29 is 24.0 Å². The zero-order chi connectivity index (χ0) is 19.0. The van der Waals surface area contributed by atoms with Gasteiger partial charge in [0.2, 0.25) is 0 Å². The van der Waals surface area contributed by atoms with Crippen molar-refractivity contribution in [2.75, 3.05) is 6.61 Å². The third kappa shape index (κ3) is 18.6. The van der Waals surface area contributed by atoms with Gasteiger partial charge >= 0.3 is 0 Å². The van der Waals surface area contributed by atoms with Crippen molar-refractivity contribution in [1.82, 2.24) is 0 Å². The highest BCUT2D eigenvalue weighted by molar-refractivity contribution is 7.43. The second-order valence-electron chi connectivity index (χ2n) is 7.01. The summed E-state index contributed by atoms with van der Waals surface area (Å²) in [6.07, 6.45) is 16.0. The normalized spacial score (nSPS) is 14.6. The topological polar surface area (TPSA) is 119 Å². The number of hydrogen-bond acceptors (Lipinski definition) is 6. The van der Waals surface area contributed by atoms with Gasteiger partial charge in [-0.15, -0.1) is 0 Å². The first-order chi connectivity index (χ1) is 11.9. The van der Waals surface area contributed by atoms with E-state index in [1.165, 1.54) is 64.2 Å². The monoisotopic (exact) mass is 379 g/mol. The number of aliphatic hydroxyl groups is 1. The lowest BCUT2D eigenvalue weighted by Crippen LogP contribution is -2.39. The second kappa shape index (κ2) is 16.2. The van der Waals surface area contributed by atoms with Crippen LogP contribution in [0.2, 0.25) is 0 Å². The van der Waals surface area contributed by atoms with Gasteiger partial charge < -0.3 is 29.7 Å². The Labute approximate surface area is 153 Å².